The van der Waals surface area contributed by atoms with E-state index in [1.54, 1.807) is 25.3 Å². The summed E-state index contributed by atoms with van der Waals surface area (Å²) in [5.41, 5.74) is 1.65. The van der Waals surface area contributed by atoms with Gasteiger partial charge in [-0.1, -0.05) is 30.3 Å². The monoisotopic (exact) mass is 415 g/mol. The highest BCUT2D eigenvalue weighted by molar-refractivity contribution is 6.35. The molecular formula is C22H26FN3O4. The van der Waals surface area contributed by atoms with Gasteiger partial charge >= 0.3 is 11.8 Å². The number of amides is 2. The number of benzene rings is 2. The molecule has 0 bridgehead atoms. The molecule has 0 aromatic heterocycles. The first-order chi connectivity index (χ1) is 14.6. The molecule has 1 aliphatic heterocycles. The molecule has 7 nitrogen and oxygen atoms in total. The lowest BCUT2D eigenvalue weighted by atomic mass is 10.0. The Morgan fingerprint density at radius 2 is 1.73 bits per heavy atom. The highest BCUT2D eigenvalue weighted by Gasteiger charge is 2.24. The van der Waals surface area contributed by atoms with Crippen molar-refractivity contribution in [3.05, 3.63) is 65.5 Å². The number of nitrogens with one attached hydrogen (secondary N) is 2. The minimum atomic E-state index is -0.722. The van der Waals surface area contributed by atoms with Gasteiger partial charge in [0.05, 0.1) is 26.4 Å². The van der Waals surface area contributed by atoms with Crippen molar-refractivity contribution in [2.75, 3.05) is 40.0 Å². The summed E-state index contributed by atoms with van der Waals surface area (Å²) in [6, 6.07) is 13.3. The summed E-state index contributed by atoms with van der Waals surface area (Å²) >= 11 is 0. The second kappa shape index (κ2) is 10.7. The third kappa shape index (κ3) is 5.77. The molecular weight excluding hydrogens is 389 g/mol. The quantitative estimate of drug-likeness (QED) is 0.672. The second-order valence-corrected chi connectivity index (χ2v) is 6.92. The molecule has 0 saturated carbocycles. The van der Waals surface area contributed by atoms with Crippen molar-refractivity contribution in [1.29, 1.82) is 0 Å². The van der Waals surface area contributed by atoms with Gasteiger partial charge in [0.2, 0.25) is 0 Å². The fourth-order valence-electron chi connectivity index (χ4n) is 3.41. The van der Waals surface area contributed by atoms with Crippen LogP contribution in [0.1, 0.15) is 17.2 Å². The topological polar surface area (TPSA) is 79.9 Å². The maximum absolute atomic E-state index is 13.3. The number of hydrogen-bond acceptors (Lipinski definition) is 5. The van der Waals surface area contributed by atoms with E-state index in [1.807, 2.05) is 18.2 Å². The number of ether oxygens (including phenoxy) is 2. The molecule has 0 aliphatic carbocycles. The van der Waals surface area contributed by atoms with Crippen LogP contribution in [0.15, 0.2) is 48.5 Å². The molecule has 1 heterocycles. The Balaban J connectivity index is 1.59. The zero-order valence-electron chi connectivity index (χ0n) is 16.9. The third-order valence-corrected chi connectivity index (χ3v) is 5.04. The van der Waals surface area contributed by atoms with Gasteiger partial charge < -0.3 is 20.1 Å². The number of carbonyl (C=O) groups excluding carboxylic acids is 2. The van der Waals surface area contributed by atoms with Crippen LogP contribution in [0, 0.1) is 5.82 Å². The van der Waals surface area contributed by atoms with Crippen LogP contribution < -0.4 is 15.4 Å². The normalized spacial score (nSPS) is 15.3. The predicted molar refractivity (Wildman–Crippen MR) is 109 cm³/mol. The van der Waals surface area contributed by atoms with Crippen molar-refractivity contribution in [3.63, 3.8) is 0 Å². The van der Waals surface area contributed by atoms with E-state index in [9.17, 15) is 14.0 Å². The van der Waals surface area contributed by atoms with Crippen molar-refractivity contribution in [2.24, 2.45) is 0 Å². The lowest BCUT2D eigenvalue weighted by Gasteiger charge is -2.34. The smallest absolute Gasteiger partial charge is 0.309 e. The SMILES string of the molecule is COc1ccccc1CNC(=O)C(=O)NC[C@@H](c1ccc(F)cc1)N1CCOCC1. The molecule has 2 N–H and O–H groups in total. The van der Waals surface area contributed by atoms with E-state index in [0.29, 0.717) is 32.1 Å². The molecule has 30 heavy (non-hydrogen) atoms. The Morgan fingerprint density at radius 3 is 2.43 bits per heavy atom. The molecule has 1 atom stereocenters. The molecule has 0 radical (unpaired) electrons. The minimum Gasteiger partial charge on any atom is -0.496 e. The Hall–Kier alpha value is -2.97. The summed E-state index contributed by atoms with van der Waals surface area (Å²) in [6.45, 7) is 2.97. The summed E-state index contributed by atoms with van der Waals surface area (Å²) in [6.07, 6.45) is 0. The largest absolute Gasteiger partial charge is 0.496 e. The van der Waals surface area contributed by atoms with Crippen molar-refractivity contribution in [1.82, 2.24) is 15.5 Å². The molecule has 0 unspecified atom stereocenters. The molecule has 1 fully saturated rings. The number of methoxy groups -OCH3 is 1. The highest BCUT2D eigenvalue weighted by Crippen LogP contribution is 2.22. The maximum Gasteiger partial charge on any atom is 0.309 e. The van der Waals surface area contributed by atoms with E-state index < -0.39 is 11.8 Å². The van der Waals surface area contributed by atoms with Gasteiger partial charge in [-0.3, -0.25) is 14.5 Å². The first-order valence-electron chi connectivity index (χ1n) is 9.83. The molecule has 2 aromatic carbocycles. The minimum absolute atomic E-state index is 0.180. The summed E-state index contributed by atoms with van der Waals surface area (Å²) in [5, 5.41) is 5.31. The van der Waals surface area contributed by atoms with Crippen LogP contribution in [0.25, 0.3) is 0 Å². The second-order valence-electron chi connectivity index (χ2n) is 6.92. The summed E-state index contributed by atoms with van der Waals surface area (Å²) in [5.74, 6) is -1.12. The van der Waals surface area contributed by atoms with Gasteiger partial charge in [-0.15, -0.1) is 0 Å². The first-order valence-corrected chi connectivity index (χ1v) is 9.83. The van der Waals surface area contributed by atoms with Crippen molar-refractivity contribution >= 4 is 11.8 Å². The van der Waals surface area contributed by atoms with E-state index in [0.717, 1.165) is 11.1 Å². The van der Waals surface area contributed by atoms with E-state index in [1.165, 1.54) is 12.1 Å². The third-order valence-electron chi connectivity index (χ3n) is 5.04. The van der Waals surface area contributed by atoms with Gasteiger partial charge in [-0.25, -0.2) is 4.39 Å². The fraction of sp³-hybridized carbons (Fsp3) is 0.364. The van der Waals surface area contributed by atoms with Gasteiger partial charge in [0.25, 0.3) is 0 Å². The van der Waals surface area contributed by atoms with Crippen LogP contribution in [0.2, 0.25) is 0 Å². The Morgan fingerprint density at radius 1 is 1.07 bits per heavy atom. The number of carbonyl (C=O) groups is 2. The van der Waals surface area contributed by atoms with Crippen LogP contribution in [0.5, 0.6) is 5.75 Å². The fourth-order valence-corrected chi connectivity index (χ4v) is 3.41. The molecule has 3 rings (SSSR count). The lowest BCUT2D eigenvalue weighted by Crippen LogP contribution is -2.46. The van der Waals surface area contributed by atoms with Gasteiger partial charge in [0.15, 0.2) is 0 Å². The van der Waals surface area contributed by atoms with Crippen LogP contribution in [0.4, 0.5) is 4.39 Å². The molecule has 1 saturated heterocycles. The van der Waals surface area contributed by atoms with Gasteiger partial charge in [-0.05, 0) is 23.8 Å². The highest BCUT2D eigenvalue weighted by atomic mass is 19.1. The van der Waals surface area contributed by atoms with Crippen molar-refractivity contribution < 1.29 is 23.5 Å². The zero-order valence-corrected chi connectivity index (χ0v) is 16.9. The Labute approximate surface area is 175 Å². The Kier molecular flexibility index (Phi) is 7.75. The van der Waals surface area contributed by atoms with E-state index in [-0.39, 0.29) is 24.9 Å². The van der Waals surface area contributed by atoms with Gasteiger partial charge in [0.1, 0.15) is 11.6 Å². The number of morpholine rings is 1. The maximum atomic E-state index is 13.3. The standard InChI is InChI=1S/C22H26FN3O4/c1-29-20-5-3-2-4-17(20)14-24-21(27)22(28)25-15-19(26-10-12-30-13-11-26)16-6-8-18(23)9-7-16/h2-9,19H,10-15H2,1H3,(H,24,27)(H,25,28)/t19-/m0/s1. The average Bonchev–Trinajstić information content (AvgIpc) is 2.79. The summed E-state index contributed by atoms with van der Waals surface area (Å²) in [4.78, 5) is 26.7. The summed E-state index contributed by atoms with van der Waals surface area (Å²) in [7, 11) is 1.55. The van der Waals surface area contributed by atoms with E-state index in [4.69, 9.17) is 9.47 Å². The van der Waals surface area contributed by atoms with Crippen LogP contribution in [0.3, 0.4) is 0 Å². The van der Waals surface area contributed by atoms with E-state index >= 15 is 0 Å². The number of rotatable bonds is 7. The van der Waals surface area contributed by atoms with Crippen molar-refractivity contribution in [3.8, 4) is 5.75 Å². The number of para-hydroxylation sites is 1. The number of hydrogen-bond donors (Lipinski definition) is 2. The van der Waals surface area contributed by atoms with Crippen molar-refractivity contribution in [2.45, 2.75) is 12.6 Å². The predicted octanol–water partition coefficient (Wildman–Crippen LogP) is 1.64. The van der Waals surface area contributed by atoms with Gasteiger partial charge in [0, 0.05) is 31.7 Å². The zero-order chi connectivity index (χ0) is 21.3. The molecule has 2 aromatic rings. The summed E-state index contributed by atoms with van der Waals surface area (Å²) < 4.78 is 24.0. The average molecular weight is 415 g/mol. The van der Waals surface area contributed by atoms with Gasteiger partial charge in [-0.2, -0.15) is 0 Å². The molecule has 2 amide bonds. The van der Waals surface area contributed by atoms with Crippen LogP contribution >= 0.6 is 0 Å². The molecule has 160 valence electrons. The molecule has 0 spiro atoms. The lowest BCUT2D eigenvalue weighted by molar-refractivity contribution is -0.139. The number of halogens is 1. The van der Waals surface area contributed by atoms with Crippen LogP contribution in [-0.4, -0.2) is 56.7 Å². The Bertz CT molecular complexity index is 854. The molecule has 1 aliphatic rings. The molecule has 8 heteroatoms. The number of nitrogens with zero attached hydrogens (tertiary/aromatic N) is 1. The first kappa shape index (κ1) is 21.7. The van der Waals surface area contributed by atoms with E-state index in [2.05, 4.69) is 15.5 Å². The van der Waals surface area contributed by atoms with Crippen LogP contribution in [-0.2, 0) is 20.9 Å².